The molecule has 27 heavy (non-hydrogen) atoms. The van der Waals surface area contributed by atoms with Gasteiger partial charge in [0.15, 0.2) is 5.76 Å². The molecule has 3 aromatic carbocycles. The van der Waals surface area contributed by atoms with Crippen LogP contribution in [0.15, 0.2) is 89.5 Å². The summed E-state index contributed by atoms with van der Waals surface area (Å²) in [6.07, 6.45) is 1.68. The Bertz CT molecular complexity index is 1080. The Kier molecular flexibility index (Phi) is 4.54. The molecule has 4 heteroatoms. The van der Waals surface area contributed by atoms with E-state index in [4.69, 9.17) is 4.42 Å². The van der Waals surface area contributed by atoms with Gasteiger partial charge in [0.25, 0.3) is 5.91 Å². The fraction of sp³-hybridized carbons (Fsp3) is 0.0435. The Hall–Kier alpha value is -3.66. The summed E-state index contributed by atoms with van der Waals surface area (Å²) >= 11 is 0. The summed E-state index contributed by atoms with van der Waals surface area (Å²) in [5, 5.41) is 2.97. The van der Waals surface area contributed by atoms with Gasteiger partial charge in [0.1, 0.15) is 0 Å². The summed E-state index contributed by atoms with van der Waals surface area (Å²) in [6.45, 7) is 1.96. The zero-order valence-corrected chi connectivity index (χ0v) is 14.8. The molecule has 0 saturated heterocycles. The van der Waals surface area contributed by atoms with Gasteiger partial charge < -0.3 is 9.73 Å². The van der Waals surface area contributed by atoms with Crippen molar-refractivity contribution in [2.75, 3.05) is 5.32 Å². The molecule has 4 nitrogen and oxygen atoms in total. The van der Waals surface area contributed by atoms with Gasteiger partial charge in [0.2, 0.25) is 5.89 Å². The van der Waals surface area contributed by atoms with Crippen LogP contribution in [0.2, 0.25) is 0 Å². The van der Waals surface area contributed by atoms with Crippen LogP contribution in [0.5, 0.6) is 0 Å². The van der Waals surface area contributed by atoms with E-state index in [0.717, 1.165) is 16.8 Å². The molecule has 0 spiro atoms. The predicted molar refractivity (Wildman–Crippen MR) is 107 cm³/mol. The van der Waals surface area contributed by atoms with E-state index in [2.05, 4.69) is 10.3 Å². The molecule has 0 radical (unpaired) electrons. The van der Waals surface area contributed by atoms with Gasteiger partial charge in [-0.2, -0.15) is 0 Å². The van der Waals surface area contributed by atoms with Crippen LogP contribution in [0.25, 0.3) is 22.8 Å². The molecule has 0 aliphatic heterocycles. The number of para-hydroxylation sites is 1. The Morgan fingerprint density at radius 3 is 2.41 bits per heavy atom. The average Bonchev–Trinajstić information content (AvgIpc) is 3.20. The number of anilines is 1. The van der Waals surface area contributed by atoms with E-state index in [0.29, 0.717) is 22.8 Å². The van der Waals surface area contributed by atoms with Crippen molar-refractivity contribution in [3.05, 3.63) is 96.2 Å². The lowest BCUT2D eigenvalue weighted by Gasteiger charge is -2.10. The van der Waals surface area contributed by atoms with Gasteiger partial charge in [0.05, 0.1) is 11.8 Å². The molecule has 0 unspecified atom stereocenters. The first-order chi connectivity index (χ1) is 13.2. The topological polar surface area (TPSA) is 55.1 Å². The number of hydrogen-bond acceptors (Lipinski definition) is 3. The Balaban J connectivity index is 1.67. The third kappa shape index (κ3) is 3.51. The van der Waals surface area contributed by atoms with Crippen LogP contribution in [0.3, 0.4) is 0 Å². The number of carbonyl (C=O) groups is 1. The zero-order valence-electron chi connectivity index (χ0n) is 14.8. The SMILES string of the molecule is Cc1ccccc1NC(=O)c1ccccc1-c1ncc(-c2ccccc2)o1. The quantitative estimate of drug-likeness (QED) is 0.521. The lowest BCUT2D eigenvalue weighted by atomic mass is 10.1. The summed E-state index contributed by atoms with van der Waals surface area (Å²) in [5.41, 5.74) is 3.91. The largest absolute Gasteiger partial charge is 0.436 e. The lowest BCUT2D eigenvalue weighted by Crippen LogP contribution is -2.13. The number of rotatable bonds is 4. The summed E-state index contributed by atoms with van der Waals surface area (Å²) in [5.74, 6) is 0.892. The van der Waals surface area contributed by atoms with Crippen LogP contribution >= 0.6 is 0 Å². The van der Waals surface area contributed by atoms with Crippen LogP contribution in [-0.2, 0) is 0 Å². The van der Waals surface area contributed by atoms with Crippen molar-refractivity contribution in [3.63, 3.8) is 0 Å². The fourth-order valence-electron chi connectivity index (χ4n) is 2.90. The van der Waals surface area contributed by atoms with Crippen LogP contribution in [0, 0.1) is 6.92 Å². The molecule has 4 aromatic rings. The molecule has 4 rings (SSSR count). The van der Waals surface area contributed by atoms with Crippen LogP contribution in [0.1, 0.15) is 15.9 Å². The predicted octanol–water partition coefficient (Wildman–Crippen LogP) is 5.57. The molecule has 0 fully saturated rings. The van der Waals surface area contributed by atoms with Crippen molar-refractivity contribution in [2.45, 2.75) is 6.92 Å². The number of aryl methyl sites for hydroxylation is 1. The smallest absolute Gasteiger partial charge is 0.256 e. The second-order valence-electron chi connectivity index (χ2n) is 6.21. The summed E-state index contributed by atoms with van der Waals surface area (Å²) in [6, 6.07) is 24.8. The second-order valence-corrected chi connectivity index (χ2v) is 6.21. The lowest BCUT2D eigenvalue weighted by molar-refractivity contribution is 0.102. The summed E-state index contributed by atoms with van der Waals surface area (Å²) in [7, 11) is 0. The maximum atomic E-state index is 12.9. The van der Waals surface area contributed by atoms with Crippen LogP contribution in [-0.4, -0.2) is 10.9 Å². The van der Waals surface area contributed by atoms with Crippen molar-refractivity contribution in [3.8, 4) is 22.8 Å². The number of hydrogen-bond donors (Lipinski definition) is 1. The van der Waals surface area contributed by atoms with Crippen molar-refractivity contribution in [2.24, 2.45) is 0 Å². The van der Waals surface area contributed by atoms with E-state index in [1.54, 1.807) is 12.3 Å². The van der Waals surface area contributed by atoms with Gasteiger partial charge in [-0.25, -0.2) is 4.98 Å². The van der Waals surface area contributed by atoms with Crippen molar-refractivity contribution in [1.29, 1.82) is 0 Å². The van der Waals surface area contributed by atoms with Crippen molar-refractivity contribution < 1.29 is 9.21 Å². The third-order valence-electron chi connectivity index (χ3n) is 4.36. The fourth-order valence-corrected chi connectivity index (χ4v) is 2.90. The van der Waals surface area contributed by atoms with E-state index in [1.807, 2.05) is 79.7 Å². The number of amides is 1. The van der Waals surface area contributed by atoms with Gasteiger partial charge in [-0.05, 0) is 30.7 Å². The maximum absolute atomic E-state index is 12.9. The number of nitrogens with one attached hydrogen (secondary N) is 1. The van der Waals surface area contributed by atoms with Gasteiger partial charge in [-0.15, -0.1) is 0 Å². The molecule has 0 atom stereocenters. The van der Waals surface area contributed by atoms with E-state index >= 15 is 0 Å². The minimum absolute atomic E-state index is 0.195. The average molecular weight is 354 g/mol. The van der Waals surface area contributed by atoms with Gasteiger partial charge in [-0.1, -0.05) is 60.7 Å². The van der Waals surface area contributed by atoms with E-state index < -0.39 is 0 Å². The molecule has 1 amide bonds. The molecular formula is C23H18N2O2. The van der Waals surface area contributed by atoms with Gasteiger partial charge in [-0.3, -0.25) is 4.79 Å². The second kappa shape index (κ2) is 7.30. The molecule has 0 aliphatic rings. The first-order valence-corrected chi connectivity index (χ1v) is 8.70. The van der Waals surface area contributed by atoms with Crippen LogP contribution < -0.4 is 5.32 Å². The Morgan fingerprint density at radius 1 is 0.889 bits per heavy atom. The number of carbonyl (C=O) groups excluding carboxylic acids is 1. The monoisotopic (exact) mass is 354 g/mol. The highest BCUT2D eigenvalue weighted by atomic mass is 16.4. The number of aromatic nitrogens is 1. The first-order valence-electron chi connectivity index (χ1n) is 8.70. The Labute approximate surface area is 157 Å². The first kappa shape index (κ1) is 16.8. The standard InChI is InChI=1S/C23H18N2O2/c1-16-9-5-8-14-20(16)25-22(26)18-12-6-7-13-19(18)23-24-15-21(27-23)17-10-3-2-4-11-17/h2-15H,1H3,(H,25,26). The molecule has 0 saturated carbocycles. The highest BCUT2D eigenvalue weighted by molar-refractivity contribution is 6.08. The van der Waals surface area contributed by atoms with Crippen LogP contribution in [0.4, 0.5) is 5.69 Å². The molecule has 1 heterocycles. The molecule has 0 bridgehead atoms. The molecule has 132 valence electrons. The van der Waals surface area contributed by atoms with E-state index in [-0.39, 0.29) is 5.91 Å². The molecule has 1 N–H and O–H groups in total. The summed E-state index contributed by atoms with van der Waals surface area (Å²) in [4.78, 5) is 17.2. The highest BCUT2D eigenvalue weighted by Gasteiger charge is 2.17. The minimum Gasteiger partial charge on any atom is -0.436 e. The van der Waals surface area contributed by atoms with Gasteiger partial charge in [0, 0.05) is 16.8 Å². The highest BCUT2D eigenvalue weighted by Crippen LogP contribution is 2.28. The maximum Gasteiger partial charge on any atom is 0.256 e. The summed E-state index contributed by atoms with van der Waals surface area (Å²) < 4.78 is 5.93. The van der Waals surface area contributed by atoms with E-state index in [9.17, 15) is 4.79 Å². The molecule has 1 aromatic heterocycles. The third-order valence-corrected chi connectivity index (χ3v) is 4.36. The normalized spacial score (nSPS) is 10.6. The minimum atomic E-state index is -0.195. The number of nitrogens with zero attached hydrogens (tertiary/aromatic N) is 1. The van der Waals surface area contributed by atoms with Crippen molar-refractivity contribution >= 4 is 11.6 Å². The van der Waals surface area contributed by atoms with E-state index in [1.165, 1.54) is 0 Å². The molecule has 0 aliphatic carbocycles. The van der Waals surface area contributed by atoms with Crippen molar-refractivity contribution in [1.82, 2.24) is 4.98 Å². The van der Waals surface area contributed by atoms with Gasteiger partial charge >= 0.3 is 0 Å². The number of benzene rings is 3. The Morgan fingerprint density at radius 2 is 1.59 bits per heavy atom. The number of oxazole rings is 1. The molecular weight excluding hydrogens is 336 g/mol. The zero-order chi connectivity index (χ0) is 18.6.